The molecule has 3 heterocycles. The summed E-state index contributed by atoms with van der Waals surface area (Å²) in [6.07, 6.45) is 3.80. The van der Waals surface area contributed by atoms with Gasteiger partial charge in [0.1, 0.15) is 0 Å². The number of hydrogen-bond donors (Lipinski definition) is 0. The second-order valence-corrected chi connectivity index (χ2v) is 10.4. The second-order valence-electron chi connectivity index (χ2n) is 8.41. The van der Waals surface area contributed by atoms with Gasteiger partial charge in [0.2, 0.25) is 15.9 Å². The van der Waals surface area contributed by atoms with Crippen molar-refractivity contribution in [2.24, 2.45) is 7.05 Å². The Balaban J connectivity index is 1.46. The Kier molecular flexibility index (Phi) is 5.97. The molecule has 2 aliphatic rings. The molecule has 0 radical (unpaired) electrons. The number of fused-ring (bicyclic) bond motifs is 1. The lowest BCUT2D eigenvalue weighted by atomic mass is 10.0. The molecule has 1 aromatic carbocycles. The predicted octanol–water partition coefficient (Wildman–Crippen LogP) is 2.17. The first-order chi connectivity index (χ1) is 14.3. The van der Waals surface area contributed by atoms with E-state index in [1.54, 1.807) is 4.31 Å². The number of carbonyl (C=O) groups excluding carboxylic acids is 1. The third-order valence-electron chi connectivity index (χ3n) is 6.19. The van der Waals surface area contributed by atoms with Crippen molar-refractivity contribution < 1.29 is 13.2 Å². The minimum Gasteiger partial charge on any atom is -0.343 e. The summed E-state index contributed by atoms with van der Waals surface area (Å²) in [6, 6.07) is 7.63. The highest BCUT2D eigenvalue weighted by atomic mass is 32.2. The second kappa shape index (κ2) is 8.51. The van der Waals surface area contributed by atoms with Gasteiger partial charge in [-0.25, -0.2) is 8.42 Å². The molecule has 1 amide bonds. The zero-order valence-corrected chi connectivity index (χ0v) is 18.6. The molecule has 7 nitrogen and oxygen atoms in total. The molecule has 0 N–H and O–H groups in total. The summed E-state index contributed by atoms with van der Waals surface area (Å²) in [5, 5.41) is 4.63. The molecule has 0 atom stereocenters. The van der Waals surface area contributed by atoms with Gasteiger partial charge in [-0.1, -0.05) is 29.8 Å². The maximum atomic E-state index is 13.0. The number of likely N-dealkylation sites (tertiary alicyclic amines) is 1. The summed E-state index contributed by atoms with van der Waals surface area (Å²) in [4.78, 5) is 14.4. The molecule has 0 spiro atoms. The van der Waals surface area contributed by atoms with Crippen LogP contribution in [0.2, 0.25) is 0 Å². The normalized spacial score (nSPS) is 17.3. The molecule has 1 aromatic heterocycles. The van der Waals surface area contributed by atoms with E-state index in [0.717, 1.165) is 54.0 Å². The van der Waals surface area contributed by atoms with Crippen LogP contribution in [0.3, 0.4) is 0 Å². The Labute approximate surface area is 178 Å². The van der Waals surface area contributed by atoms with Crippen LogP contribution in [0.25, 0.3) is 0 Å². The SMILES string of the molecule is Cc1ccc(CS(=O)(=O)N2CCc3c(c(CCC(=O)N4CCCC4)nn3C)C2)cc1. The number of aromatic nitrogens is 2. The first-order valence-electron chi connectivity index (χ1n) is 10.7. The summed E-state index contributed by atoms with van der Waals surface area (Å²) in [5.74, 6) is 0.178. The molecule has 8 heteroatoms. The van der Waals surface area contributed by atoms with Gasteiger partial charge in [-0.05, 0) is 25.3 Å². The Morgan fingerprint density at radius 2 is 1.80 bits per heavy atom. The number of amides is 1. The van der Waals surface area contributed by atoms with Crippen LogP contribution in [-0.2, 0) is 47.0 Å². The molecule has 0 bridgehead atoms. The van der Waals surface area contributed by atoms with Crippen LogP contribution in [0, 0.1) is 6.92 Å². The van der Waals surface area contributed by atoms with E-state index in [4.69, 9.17) is 0 Å². The molecule has 2 aliphatic heterocycles. The van der Waals surface area contributed by atoms with E-state index in [2.05, 4.69) is 5.10 Å². The lowest BCUT2D eigenvalue weighted by Crippen LogP contribution is -2.37. The number of carbonyl (C=O) groups is 1. The first-order valence-corrected chi connectivity index (χ1v) is 12.3. The molecule has 0 unspecified atom stereocenters. The number of nitrogens with zero attached hydrogens (tertiary/aromatic N) is 4. The third kappa shape index (κ3) is 4.44. The fourth-order valence-corrected chi connectivity index (χ4v) is 5.91. The maximum Gasteiger partial charge on any atom is 0.222 e. The minimum atomic E-state index is -3.42. The molecule has 4 rings (SSSR count). The summed E-state index contributed by atoms with van der Waals surface area (Å²) in [6.45, 7) is 4.49. The van der Waals surface area contributed by atoms with Crippen LogP contribution in [-0.4, -0.2) is 52.9 Å². The predicted molar refractivity (Wildman–Crippen MR) is 115 cm³/mol. The highest BCUT2D eigenvalue weighted by Crippen LogP contribution is 2.26. The van der Waals surface area contributed by atoms with E-state index in [9.17, 15) is 13.2 Å². The van der Waals surface area contributed by atoms with Gasteiger partial charge in [0.25, 0.3) is 0 Å². The molecule has 162 valence electrons. The number of rotatable bonds is 6. The lowest BCUT2D eigenvalue weighted by molar-refractivity contribution is -0.130. The first kappa shape index (κ1) is 21.1. The maximum absolute atomic E-state index is 13.0. The molecule has 2 aromatic rings. The summed E-state index contributed by atoms with van der Waals surface area (Å²) < 4.78 is 29.5. The van der Waals surface area contributed by atoms with Crippen LogP contribution >= 0.6 is 0 Å². The number of sulfonamides is 1. The Hall–Kier alpha value is -2.19. The van der Waals surface area contributed by atoms with Gasteiger partial charge in [0, 0.05) is 63.7 Å². The van der Waals surface area contributed by atoms with Gasteiger partial charge < -0.3 is 4.90 Å². The van der Waals surface area contributed by atoms with E-state index in [0.29, 0.717) is 32.4 Å². The smallest absolute Gasteiger partial charge is 0.222 e. The fourth-order valence-electron chi connectivity index (χ4n) is 4.42. The molecule has 1 saturated heterocycles. The molecule has 0 saturated carbocycles. The van der Waals surface area contributed by atoms with Crippen molar-refractivity contribution in [2.45, 2.75) is 51.3 Å². The van der Waals surface area contributed by atoms with Gasteiger partial charge >= 0.3 is 0 Å². The lowest BCUT2D eigenvalue weighted by Gasteiger charge is -2.27. The van der Waals surface area contributed by atoms with E-state index in [-0.39, 0.29) is 11.7 Å². The van der Waals surface area contributed by atoms with Gasteiger partial charge in [-0.15, -0.1) is 0 Å². The molecule has 0 aliphatic carbocycles. The fraction of sp³-hybridized carbons (Fsp3) is 0.545. The van der Waals surface area contributed by atoms with E-state index in [1.165, 1.54) is 0 Å². The van der Waals surface area contributed by atoms with Gasteiger partial charge in [-0.3, -0.25) is 9.48 Å². The van der Waals surface area contributed by atoms with Gasteiger partial charge in [0.05, 0.1) is 11.4 Å². The quantitative estimate of drug-likeness (QED) is 0.704. The van der Waals surface area contributed by atoms with Crippen molar-refractivity contribution in [3.05, 3.63) is 52.3 Å². The Morgan fingerprint density at radius 1 is 1.10 bits per heavy atom. The highest BCUT2D eigenvalue weighted by Gasteiger charge is 2.31. The summed E-state index contributed by atoms with van der Waals surface area (Å²) in [7, 11) is -1.52. The van der Waals surface area contributed by atoms with Gasteiger partial charge in [0.15, 0.2) is 0 Å². The molecule has 1 fully saturated rings. The zero-order chi connectivity index (χ0) is 21.3. The number of aryl methyl sites for hydroxylation is 3. The number of benzene rings is 1. The Bertz CT molecular complexity index is 1020. The molecular formula is C22H30N4O3S. The Morgan fingerprint density at radius 3 is 2.50 bits per heavy atom. The molecule has 30 heavy (non-hydrogen) atoms. The van der Waals surface area contributed by atoms with Crippen LogP contribution in [0.4, 0.5) is 0 Å². The minimum absolute atomic E-state index is 0.00561. The van der Waals surface area contributed by atoms with Crippen molar-refractivity contribution in [2.75, 3.05) is 19.6 Å². The standard InChI is InChI=1S/C22H30N4O3S/c1-17-5-7-18(8-6-17)16-30(28,29)26-14-11-21-19(15-26)20(23-24(21)2)9-10-22(27)25-12-3-4-13-25/h5-8H,3-4,9-16H2,1-2H3. The highest BCUT2D eigenvalue weighted by molar-refractivity contribution is 7.88. The average molecular weight is 431 g/mol. The van der Waals surface area contributed by atoms with Crippen molar-refractivity contribution in [3.8, 4) is 0 Å². The van der Waals surface area contributed by atoms with Crippen molar-refractivity contribution >= 4 is 15.9 Å². The topological polar surface area (TPSA) is 75.5 Å². The zero-order valence-electron chi connectivity index (χ0n) is 17.8. The summed E-state index contributed by atoms with van der Waals surface area (Å²) in [5.41, 5.74) is 4.83. The average Bonchev–Trinajstić information content (AvgIpc) is 3.36. The van der Waals surface area contributed by atoms with Crippen molar-refractivity contribution in [1.29, 1.82) is 0 Å². The van der Waals surface area contributed by atoms with Crippen LogP contribution in [0.5, 0.6) is 0 Å². The van der Waals surface area contributed by atoms with E-state index in [1.807, 2.05) is 47.8 Å². The monoisotopic (exact) mass is 430 g/mol. The van der Waals surface area contributed by atoms with Crippen molar-refractivity contribution in [3.63, 3.8) is 0 Å². The summed E-state index contributed by atoms with van der Waals surface area (Å²) >= 11 is 0. The van der Waals surface area contributed by atoms with Crippen LogP contribution in [0.1, 0.15) is 47.3 Å². The molecular weight excluding hydrogens is 400 g/mol. The van der Waals surface area contributed by atoms with Crippen LogP contribution < -0.4 is 0 Å². The third-order valence-corrected chi connectivity index (χ3v) is 7.98. The van der Waals surface area contributed by atoms with E-state index < -0.39 is 10.0 Å². The van der Waals surface area contributed by atoms with Gasteiger partial charge in [-0.2, -0.15) is 9.40 Å². The van der Waals surface area contributed by atoms with Crippen LogP contribution in [0.15, 0.2) is 24.3 Å². The largest absolute Gasteiger partial charge is 0.343 e. The van der Waals surface area contributed by atoms with Crippen molar-refractivity contribution in [1.82, 2.24) is 19.0 Å². The number of hydrogen-bond acceptors (Lipinski definition) is 4. The van der Waals surface area contributed by atoms with E-state index >= 15 is 0 Å².